The number of aliphatic hydroxyl groups is 1. The molecule has 68 valence electrons. The van der Waals surface area contributed by atoms with Gasteiger partial charge >= 0.3 is 0 Å². The number of likely N-dealkylation sites (N-methyl/N-ethyl adjacent to an activating group) is 1. The van der Waals surface area contributed by atoms with Crippen LogP contribution < -0.4 is 0 Å². The molecule has 1 rings (SSSR count). The van der Waals surface area contributed by atoms with Crippen LogP contribution in [-0.4, -0.2) is 35.2 Å². The Morgan fingerprint density at radius 1 is 1.50 bits per heavy atom. The Balaban J connectivity index is 2.41. The minimum atomic E-state index is 0.134. The van der Waals surface area contributed by atoms with Crippen LogP contribution in [0.1, 0.15) is 5.56 Å². The average molecular weight is 168 g/mol. The molecule has 0 unspecified atom stereocenters. The normalized spacial score (nSPS) is 11.0. The third kappa shape index (κ3) is 2.68. The van der Waals surface area contributed by atoms with Gasteiger partial charge in [0, 0.05) is 25.5 Å². The summed E-state index contributed by atoms with van der Waals surface area (Å²) in [5, 5.41) is 8.80. The highest BCUT2D eigenvalue weighted by Gasteiger charge is 1.95. The van der Waals surface area contributed by atoms with Crippen LogP contribution in [0.3, 0.4) is 0 Å². The monoisotopic (exact) mass is 168 g/mol. The zero-order chi connectivity index (χ0) is 8.97. The average Bonchev–Trinajstić information content (AvgIpc) is 2.48. The number of rotatable bonds is 4. The lowest BCUT2D eigenvalue weighted by Crippen LogP contribution is -2.17. The summed E-state index contributed by atoms with van der Waals surface area (Å²) in [6, 6.07) is 1.94. The van der Waals surface area contributed by atoms with Crippen molar-refractivity contribution in [2.24, 2.45) is 0 Å². The van der Waals surface area contributed by atoms with Crippen LogP contribution in [0, 0.1) is 0 Å². The van der Waals surface area contributed by atoms with Gasteiger partial charge in [0.25, 0.3) is 0 Å². The summed E-state index contributed by atoms with van der Waals surface area (Å²) in [5.41, 5.74) is 0.980. The second kappa shape index (κ2) is 4.28. The van der Waals surface area contributed by atoms with E-state index in [0.717, 1.165) is 18.7 Å². The van der Waals surface area contributed by atoms with Crippen LogP contribution in [0.15, 0.2) is 18.5 Å². The van der Waals surface area contributed by atoms with Crippen molar-refractivity contribution < 1.29 is 5.11 Å². The quantitative estimate of drug-likeness (QED) is 0.711. The molecule has 0 amide bonds. The third-order valence-corrected chi connectivity index (χ3v) is 1.80. The molecule has 1 heterocycles. The lowest BCUT2D eigenvalue weighted by atomic mass is 10.4. The van der Waals surface area contributed by atoms with Gasteiger partial charge in [0.05, 0.1) is 6.61 Å². The molecular weight excluding hydrogens is 152 g/mol. The summed E-state index contributed by atoms with van der Waals surface area (Å²) in [4.78, 5) is 2.14. The molecule has 0 atom stereocenters. The van der Waals surface area contributed by atoms with Gasteiger partial charge < -0.3 is 14.6 Å². The van der Waals surface area contributed by atoms with Crippen molar-refractivity contribution in [2.45, 2.75) is 13.2 Å². The molecule has 1 aromatic heterocycles. The summed E-state index contributed by atoms with van der Waals surface area (Å²) < 4.78 is 2.09. The van der Waals surface area contributed by atoms with Gasteiger partial charge in [0.15, 0.2) is 0 Å². The molecular formula is C9H16N2O. The van der Waals surface area contributed by atoms with Gasteiger partial charge in [0.1, 0.15) is 0 Å². The second-order valence-corrected chi connectivity index (χ2v) is 3.22. The molecule has 0 fully saturated rings. The molecule has 0 aliphatic heterocycles. The number of hydrogen-bond acceptors (Lipinski definition) is 2. The fourth-order valence-electron chi connectivity index (χ4n) is 1.04. The van der Waals surface area contributed by atoms with Gasteiger partial charge in [-0.15, -0.1) is 0 Å². The van der Waals surface area contributed by atoms with Gasteiger partial charge in [-0.05, 0) is 25.7 Å². The van der Waals surface area contributed by atoms with Crippen LogP contribution in [0.5, 0.6) is 0 Å². The van der Waals surface area contributed by atoms with E-state index < -0.39 is 0 Å². The van der Waals surface area contributed by atoms with E-state index in [1.165, 1.54) is 0 Å². The minimum absolute atomic E-state index is 0.134. The van der Waals surface area contributed by atoms with Crippen LogP contribution in [0.2, 0.25) is 0 Å². The third-order valence-electron chi connectivity index (χ3n) is 1.80. The van der Waals surface area contributed by atoms with Crippen LogP contribution in [-0.2, 0) is 13.2 Å². The highest BCUT2D eigenvalue weighted by Crippen LogP contribution is 2.00. The van der Waals surface area contributed by atoms with Crippen molar-refractivity contribution in [1.29, 1.82) is 0 Å². The second-order valence-electron chi connectivity index (χ2n) is 3.22. The molecule has 0 radical (unpaired) electrons. The van der Waals surface area contributed by atoms with E-state index in [1.807, 2.05) is 18.5 Å². The van der Waals surface area contributed by atoms with E-state index in [0.29, 0.717) is 0 Å². The Morgan fingerprint density at radius 3 is 2.75 bits per heavy atom. The molecule has 0 aliphatic rings. The molecule has 3 nitrogen and oxygen atoms in total. The van der Waals surface area contributed by atoms with E-state index in [4.69, 9.17) is 5.11 Å². The molecule has 0 saturated heterocycles. The first kappa shape index (κ1) is 9.29. The standard InChI is InChI=1S/C9H16N2O/c1-10(2)5-6-11-4-3-9(7-11)8-12/h3-4,7,12H,5-6,8H2,1-2H3. The highest BCUT2D eigenvalue weighted by atomic mass is 16.3. The first-order valence-electron chi connectivity index (χ1n) is 4.12. The summed E-state index contributed by atoms with van der Waals surface area (Å²) in [6.45, 7) is 2.14. The fraction of sp³-hybridized carbons (Fsp3) is 0.556. The van der Waals surface area contributed by atoms with Crippen molar-refractivity contribution in [2.75, 3.05) is 20.6 Å². The van der Waals surface area contributed by atoms with E-state index in [2.05, 4.69) is 23.6 Å². The lowest BCUT2D eigenvalue weighted by molar-refractivity contribution is 0.281. The molecule has 1 aromatic rings. The zero-order valence-electron chi connectivity index (χ0n) is 7.70. The summed E-state index contributed by atoms with van der Waals surface area (Å²) >= 11 is 0. The molecule has 12 heavy (non-hydrogen) atoms. The molecule has 0 aliphatic carbocycles. The molecule has 0 spiro atoms. The van der Waals surface area contributed by atoms with Crippen molar-refractivity contribution in [3.8, 4) is 0 Å². The maximum Gasteiger partial charge on any atom is 0.0696 e. The maximum atomic E-state index is 8.80. The van der Waals surface area contributed by atoms with Gasteiger partial charge in [0.2, 0.25) is 0 Å². The first-order valence-corrected chi connectivity index (χ1v) is 4.12. The Kier molecular flexibility index (Phi) is 3.31. The van der Waals surface area contributed by atoms with Gasteiger partial charge in [-0.25, -0.2) is 0 Å². The van der Waals surface area contributed by atoms with Gasteiger partial charge in [-0.2, -0.15) is 0 Å². The SMILES string of the molecule is CN(C)CCn1ccc(CO)c1. The van der Waals surface area contributed by atoms with Gasteiger partial charge in [-0.3, -0.25) is 0 Å². The zero-order valence-corrected chi connectivity index (χ0v) is 7.70. The first-order chi connectivity index (χ1) is 5.72. The molecule has 1 N–H and O–H groups in total. The van der Waals surface area contributed by atoms with Crippen molar-refractivity contribution in [3.63, 3.8) is 0 Å². The fourth-order valence-corrected chi connectivity index (χ4v) is 1.04. The Morgan fingerprint density at radius 2 is 2.25 bits per heavy atom. The van der Waals surface area contributed by atoms with Crippen molar-refractivity contribution in [3.05, 3.63) is 24.0 Å². The Hall–Kier alpha value is -0.800. The lowest BCUT2D eigenvalue weighted by Gasteiger charge is -2.09. The Bertz CT molecular complexity index is 230. The predicted octanol–water partition coefficient (Wildman–Crippen LogP) is 0.542. The van der Waals surface area contributed by atoms with Crippen LogP contribution in [0.4, 0.5) is 0 Å². The molecule has 0 bridgehead atoms. The number of aliphatic hydroxyl groups excluding tert-OH is 1. The minimum Gasteiger partial charge on any atom is -0.392 e. The molecule has 3 heteroatoms. The van der Waals surface area contributed by atoms with E-state index >= 15 is 0 Å². The largest absolute Gasteiger partial charge is 0.392 e. The number of nitrogens with zero attached hydrogens (tertiary/aromatic N) is 2. The van der Waals surface area contributed by atoms with E-state index in [-0.39, 0.29) is 6.61 Å². The Labute approximate surface area is 73.2 Å². The summed E-state index contributed by atoms with van der Waals surface area (Å²) in [6.07, 6.45) is 3.97. The highest BCUT2D eigenvalue weighted by molar-refractivity contribution is 5.08. The summed E-state index contributed by atoms with van der Waals surface area (Å²) in [7, 11) is 4.10. The van der Waals surface area contributed by atoms with E-state index in [1.54, 1.807) is 0 Å². The predicted molar refractivity (Wildman–Crippen MR) is 48.9 cm³/mol. The van der Waals surface area contributed by atoms with Gasteiger partial charge in [-0.1, -0.05) is 0 Å². The number of aromatic nitrogens is 1. The molecule has 0 saturated carbocycles. The van der Waals surface area contributed by atoms with E-state index in [9.17, 15) is 0 Å². The maximum absolute atomic E-state index is 8.80. The van der Waals surface area contributed by atoms with Crippen LogP contribution >= 0.6 is 0 Å². The topological polar surface area (TPSA) is 28.4 Å². The van der Waals surface area contributed by atoms with Crippen LogP contribution in [0.25, 0.3) is 0 Å². The smallest absolute Gasteiger partial charge is 0.0696 e. The number of hydrogen-bond donors (Lipinski definition) is 1. The molecule has 0 aromatic carbocycles. The van der Waals surface area contributed by atoms with Crippen molar-refractivity contribution >= 4 is 0 Å². The summed E-state index contributed by atoms with van der Waals surface area (Å²) in [5.74, 6) is 0. The van der Waals surface area contributed by atoms with Crippen molar-refractivity contribution in [1.82, 2.24) is 9.47 Å².